The zero-order valence-corrected chi connectivity index (χ0v) is 14.2. The maximum Gasteiger partial charge on any atom is 0.144 e. The Hall–Kier alpha value is -1.83. The minimum atomic E-state index is 0.563. The fraction of sp³-hybridized carbons (Fsp3) is 0.200. The number of halogens is 1. The van der Waals surface area contributed by atoms with Crippen LogP contribution in [0.3, 0.4) is 0 Å². The average Bonchev–Trinajstić information content (AvgIpc) is 2.84. The summed E-state index contributed by atoms with van der Waals surface area (Å²) in [4.78, 5) is 1.65. The Bertz CT molecular complexity index is 841. The van der Waals surface area contributed by atoms with Crippen LogP contribution >= 0.6 is 22.6 Å². The van der Waals surface area contributed by atoms with Crippen molar-refractivity contribution in [3.63, 3.8) is 0 Å². The van der Waals surface area contributed by atoms with Crippen molar-refractivity contribution < 1.29 is 4.74 Å². The van der Waals surface area contributed by atoms with Gasteiger partial charge in [0.15, 0.2) is 0 Å². The van der Waals surface area contributed by atoms with E-state index >= 15 is 0 Å². The van der Waals surface area contributed by atoms with Crippen LogP contribution < -0.4 is 10.5 Å². The van der Waals surface area contributed by atoms with Gasteiger partial charge in [0.25, 0.3) is 0 Å². The zero-order valence-electron chi connectivity index (χ0n) is 12.0. The number of nitrogen functional groups attached to an aromatic ring is 1. The second-order valence-corrected chi connectivity index (χ2v) is 6.12. The van der Waals surface area contributed by atoms with Crippen molar-refractivity contribution in [3.05, 3.63) is 39.0 Å². The molecule has 3 rings (SSSR count). The first-order valence-corrected chi connectivity index (χ1v) is 7.55. The van der Waals surface area contributed by atoms with Gasteiger partial charge in [-0.1, -0.05) is 0 Å². The summed E-state index contributed by atoms with van der Waals surface area (Å²) >= 11 is 2.33. The summed E-state index contributed by atoms with van der Waals surface area (Å²) in [7, 11) is 1.59. The molecule has 3 aromatic rings. The summed E-state index contributed by atoms with van der Waals surface area (Å²) in [5.41, 5.74) is 11.3. The molecular formula is C15H15IN4O. The monoisotopic (exact) mass is 394 g/mol. The van der Waals surface area contributed by atoms with Gasteiger partial charge in [0.05, 0.1) is 18.5 Å². The molecule has 5 nitrogen and oxygen atoms in total. The first-order valence-electron chi connectivity index (χ1n) is 6.47. The SMILES string of the molecule is COc1cc2nn(-c3cc(C)c(I)cc3C)nc2cc1N. The van der Waals surface area contributed by atoms with Crippen LogP contribution in [0.4, 0.5) is 5.69 Å². The van der Waals surface area contributed by atoms with Gasteiger partial charge in [-0.3, -0.25) is 0 Å². The summed E-state index contributed by atoms with van der Waals surface area (Å²) in [6.45, 7) is 4.13. The lowest BCUT2D eigenvalue weighted by molar-refractivity contribution is 0.417. The molecule has 0 spiro atoms. The lowest BCUT2D eigenvalue weighted by atomic mass is 10.1. The standard InChI is InChI=1S/C15H15IN4O/c1-8-5-14(9(2)4-10(8)16)20-18-12-6-11(17)15(21-3)7-13(12)19-20/h4-7H,17H2,1-3H3. The average molecular weight is 394 g/mol. The normalized spacial score (nSPS) is 11.0. The topological polar surface area (TPSA) is 66.0 Å². The molecule has 0 radical (unpaired) electrons. The van der Waals surface area contributed by atoms with Crippen LogP contribution in [0.15, 0.2) is 24.3 Å². The van der Waals surface area contributed by atoms with E-state index in [2.05, 4.69) is 58.8 Å². The summed E-state index contributed by atoms with van der Waals surface area (Å²) in [5, 5.41) is 9.05. The highest BCUT2D eigenvalue weighted by Crippen LogP contribution is 2.27. The Labute approximate surface area is 136 Å². The van der Waals surface area contributed by atoms with Crippen LogP contribution in [0.2, 0.25) is 0 Å². The van der Waals surface area contributed by atoms with Crippen LogP contribution in [0.25, 0.3) is 16.7 Å². The molecule has 0 aliphatic rings. The van der Waals surface area contributed by atoms with Crippen molar-refractivity contribution >= 4 is 39.3 Å². The lowest BCUT2D eigenvalue weighted by Crippen LogP contribution is -2.02. The van der Waals surface area contributed by atoms with Crippen molar-refractivity contribution in [1.29, 1.82) is 0 Å². The summed E-state index contributed by atoms with van der Waals surface area (Å²) in [6.07, 6.45) is 0. The van der Waals surface area contributed by atoms with Crippen molar-refractivity contribution in [2.24, 2.45) is 0 Å². The number of nitrogens with zero attached hydrogens (tertiary/aromatic N) is 3. The van der Waals surface area contributed by atoms with E-state index in [-0.39, 0.29) is 0 Å². The third kappa shape index (κ3) is 2.44. The van der Waals surface area contributed by atoms with Gasteiger partial charge in [-0.15, -0.1) is 10.2 Å². The molecule has 21 heavy (non-hydrogen) atoms. The summed E-state index contributed by atoms with van der Waals surface area (Å²) in [6, 6.07) is 7.82. The molecule has 0 amide bonds. The van der Waals surface area contributed by atoms with Gasteiger partial charge in [0.2, 0.25) is 0 Å². The second-order valence-electron chi connectivity index (χ2n) is 4.96. The number of aromatic nitrogens is 3. The third-order valence-electron chi connectivity index (χ3n) is 3.42. The smallest absolute Gasteiger partial charge is 0.144 e. The molecule has 6 heteroatoms. The highest BCUT2D eigenvalue weighted by atomic mass is 127. The molecule has 0 saturated carbocycles. The number of nitrogens with two attached hydrogens (primary N) is 1. The molecular weight excluding hydrogens is 379 g/mol. The van der Waals surface area contributed by atoms with Gasteiger partial charge in [-0.25, -0.2) is 0 Å². The van der Waals surface area contributed by atoms with Gasteiger partial charge >= 0.3 is 0 Å². The van der Waals surface area contributed by atoms with E-state index in [1.165, 1.54) is 9.13 Å². The molecule has 0 fully saturated rings. The summed E-state index contributed by atoms with van der Waals surface area (Å²) < 4.78 is 6.46. The van der Waals surface area contributed by atoms with Gasteiger partial charge in [0, 0.05) is 9.64 Å². The molecule has 0 aliphatic heterocycles. The van der Waals surface area contributed by atoms with Crippen LogP contribution in [0, 0.1) is 17.4 Å². The predicted molar refractivity (Wildman–Crippen MR) is 92.0 cm³/mol. The largest absolute Gasteiger partial charge is 0.495 e. The van der Waals surface area contributed by atoms with Gasteiger partial charge in [-0.05, 0) is 65.8 Å². The molecule has 1 aromatic heterocycles. The number of hydrogen-bond acceptors (Lipinski definition) is 4. The van der Waals surface area contributed by atoms with Crippen molar-refractivity contribution in [2.75, 3.05) is 12.8 Å². The first kappa shape index (κ1) is 14.1. The fourth-order valence-electron chi connectivity index (χ4n) is 2.23. The number of anilines is 1. The van der Waals surface area contributed by atoms with E-state index in [0.29, 0.717) is 11.4 Å². The number of ether oxygens (including phenoxy) is 1. The third-order valence-corrected chi connectivity index (χ3v) is 4.59. The second kappa shape index (κ2) is 5.18. The Morgan fingerprint density at radius 3 is 2.38 bits per heavy atom. The van der Waals surface area contributed by atoms with E-state index in [1.807, 2.05) is 6.07 Å². The highest BCUT2D eigenvalue weighted by molar-refractivity contribution is 14.1. The first-order chi connectivity index (χ1) is 9.99. The molecule has 0 saturated heterocycles. The Morgan fingerprint density at radius 1 is 1.05 bits per heavy atom. The Morgan fingerprint density at radius 2 is 1.71 bits per heavy atom. The van der Waals surface area contributed by atoms with Crippen LogP contribution in [0.5, 0.6) is 5.75 Å². The Balaban J connectivity index is 2.20. The molecule has 108 valence electrons. The molecule has 1 heterocycles. The number of benzene rings is 2. The number of hydrogen-bond donors (Lipinski definition) is 1. The molecule has 0 unspecified atom stereocenters. The van der Waals surface area contributed by atoms with Crippen molar-refractivity contribution in [2.45, 2.75) is 13.8 Å². The molecule has 0 bridgehead atoms. The quantitative estimate of drug-likeness (QED) is 0.536. The van der Waals surface area contributed by atoms with E-state index in [9.17, 15) is 0 Å². The Kier molecular flexibility index (Phi) is 3.48. The fourth-order valence-corrected chi connectivity index (χ4v) is 2.85. The number of rotatable bonds is 2. The minimum absolute atomic E-state index is 0.563. The van der Waals surface area contributed by atoms with E-state index in [0.717, 1.165) is 22.3 Å². The highest BCUT2D eigenvalue weighted by Gasteiger charge is 2.11. The maximum absolute atomic E-state index is 5.92. The predicted octanol–water partition coefficient (Wildman–Crippen LogP) is 3.23. The summed E-state index contributed by atoms with van der Waals surface area (Å²) in [5.74, 6) is 0.616. The van der Waals surface area contributed by atoms with Gasteiger partial charge < -0.3 is 10.5 Å². The van der Waals surface area contributed by atoms with Gasteiger partial charge in [0.1, 0.15) is 16.8 Å². The number of methoxy groups -OCH3 is 1. The van der Waals surface area contributed by atoms with Crippen LogP contribution in [-0.2, 0) is 0 Å². The molecule has 0 aliphatic carbocycles. The zero-order chi connectivity index (χ0) is 15.1. The maximum atomic E-state index is 5.92. The molecule has 2 aromatic carbocycles. The van der Waals surface area contributed by atoms with E-state index < -0.39 is 0 Å². The van der Waals surface area contributed by atoms with E-state index in [1.54, 1.807) is 18.0 Å². The van der Waals surface area contributed by atoms with Crippen molar-refractivity contribution in [1.82, 2.24) is 15.0 Å². The van der Waals surface area contributed by atoms with Crippen LogP contribution in [0.1, 0.15) is 11.1 Å². The van der Waals surface area contributed by atoms with E-state index in [4.69, 9.17) is 10.5 Å². The number of fused-ring (bicyclic) bond motifs is 1. The minimum Gasteiger partial charge on any atom is -0.495 e. The molecule has 2 N–H and O–H groups in total. The van der Waals surface area contributed by atoms with Crippen molar-refractivity contribution in [3.8, 4) is 11.4 Å². The lowest BCUT2D eigenvalue weighted by Gasteiger charge is -2.07. The van der Waals surface area contributed by atoms with Crippen LogP contribution in [-0.4, -0.2) is 22.1 Å². The molecule has 0 atom stereocenters. The van der Waals surface area contributed by atoms with Gasteiger partial charge in [-0.2, -0.15) is 4.80 Å². The number of aryl methyl sites for hydroxylation is 2.